The maximum Gasteiger partial charge on any atom is 0.268 e. The summed E-state index contributed by atoms with van der Waals surface area (Å²) in [6, 6.07) is 2.14. The van der Waals surface area contributed by atoms with Gasteiger partial charge in [0.15, 0.2) is 16.6 Å². The van der Waals surface area contributed by atoms with Gasteiger partial charge < -0.3 is 15.6 Å². The van der Waals surface area contributed by atoms with Gasteiger partial charge in [0.25, 0.3) is 5.91 Å². The number of ketones is 1. The Hall–Kier alpha value is -2.94. The first-order valence-electron chi connectivity index (χ1n) is 8.93. The van der Waals surface area contributed by atoms with Crippen LogP contribution in [0.3, 0.4) is 0 Å². The van der Waals surface area contributed by atoms with Crippen LogP contribution in [0.4, 0.5) is 10.8 Å². The Morgan fingerprint density at radius 2 is 2.04 bits per heavy atom. The first-order chi connectivity index (χ1) is 13.1. The fourth-order valence-electron chi connectivity index (χ4n) is 3.20. The Bertz CT molecular complexity index is 1010. The molecule has 0 bridgehead atoms. The third-order valence-corrected chi connectivity index (χ3v) is 5.98. The van der Waals surface area contributed by atoms with E-state index in [4.69, 9.17) is 5.73 Å². The number of hydrogen-bond acceptors (Lipinski definition) is 6. The average molecular weight is 382 g/mol. The molecule has 3 heterocycles. The number of primary amides is 1. The Balaban J connectivity index is 1.54. The van der Waals surface area contributed by atoms with E-state index in [0.717, 1.165) is 31.4 Å². The number of nitrogens with zero attached hydrogens (tertiary/aromatic N) is 3. The Labute approximate surface area is 158 Å². The van der Waals surface area contributed by atoms with Crippen LogP contribution in [0.15, 0.2) is 24.7 Å². The summed E-state index contributed by atoms with van der Waals surface area (Å²) >= 11 is 1.39. The van der Waals surface area contributed by atoms with E-state index in [2.05, 4.69) is 25.1 Å². The molecule has 0 spiro atoms. The molecule has 9 heteroatoms. The molecule has 0 radical (unpaired) electrons. The van der Waals surface area contributed by atoms with Gasteiger partial charge in [-0.05, 0) is 31.7 Å². The van der Waals surface area contributed by atoms with Crippen LogP contribution in [-0.4, -0.2) is 37.9 Å². The van der Waals surface area contributed by atoms with E-state index in [0.29, 0.717) is 27.3 Å². The van der Waals surface area contributed by atoms with Crippen molar-refractivity contribution in [3.8, 4) is 10.6 Å². The van der Waals surface area contributed by atoms with Crippen LogP contribution < -0.4 is 10.6 Å². The normalized spacial score (nSPS) is 16.4. The van der Waals surface area contributed by atoms with Crippen molar-refractivity contribution in [2.75, 3.05) is 4.90 Å². The molecule has 0 atom stereocenters. The molecular weight excluding hydrogens is 364 g/mol. The zero-order valence-electron chi connectivity index (χ0n) is 14.4. The minimum absolute atomic E-state index is 0.146. The Morgan fingerprint density at radius 1 is 1.22 bits per heavy atom. The van der Waals surface area contributed by atoms with Crippen LogP contribution >= 0.6 is 11.3 Å². The van der Waals surface area contributed by atoms with Crippen molar-refractivity contribution in [3.05, 3.63) is 35.9 Å². The molecule has 1 amide bonds. The van der Waals surface area contributed by atoms with Crippen molar-refractivity contribution in [2.45, 2.75) is 31.7 Å². The quantitative estimate of drug-likeness (QED) is 0.543. The molecule has 5 rings (SSSR count). The van der Waals surface area contributed by atoms with Crippen molar-refractivity contribution in [1.82, 2.24) is 20.2 Å². The van der Waals surface area contributed by atoms with Gasteiger partial charge >= 0.3 is 0 Å². The number of hydrogen-bond donors (Lipinski definition) is 3. The SMILES string of the molecule is NC(=O)c1nc(N(c2cn[nH]c2)C2CC2)sc1-c1cc(C(=O)C2CC2)c[nH]1. The summed E-state index contributed by atoms with van der Waals surface area (Å²) in [6.07, 6.45) is 9.29. The van der Waals surface area contributed by atoms with Gasteiger partial charge in [-0.25, -0.2) is 4.98 Å². The van der Waals surface area contributed by atoms with E-state index < -0.39 is 5.91 Å². The lowest BCUT2D eigenvalue weighted by molar-refractivity contribution is 0.0966. The monoisotopic (exact) mass is 382 g/mol. The highest BCUT2D eigenvalue weighted by Gasteiger charge is 2.35. The Kier molecular flexibility index (Phi) is 3.64. The predicted molar refractivity (Wildman–Crippen MR) is 101 cm³/mol. The number of carbonyl (C=O) groups is 2. The summed E-state index contributed by atoms with van der Waals surface area (Å²) in [5.74, 6) is -0.284. The zero-order valence-corrected chi connectivity index (χ0v) is 15.3. The van der Waals surface area contributed by atoms with Crippen molar-refractivity contribution < 1.29 is 9.59 Å². The Morgan fingerprint density at radius 3 is 2.67 bits per heavy atom. The van der Waals surface area contributed by atoms with Crippen molar-refractivity contribution in [3.63, 3.8) is 0 Å². The van der Waals surface area contributed by atoms with E-state index in [1.54, 1.807) is 18.5 Å². The van der Waals surface area contributed by atoms with Gasteiger partial charge in [0.05, 0.1) is 22.5 Å². The summed E-state index contributed by atoms with van der Waals surface area (Å²) in [4.78, 5) is 34.7. The third kappa shape index (κ3) is 2.93. The van der Waals surface area contributed by atoms with Crippen LogP contribution in [0.2, 0.25) is 0 Å². The van der Waals surface area contributed by atoms with E-state index in [1.807, 2.05) is 6.20 Å². The molecule has 2 saturated carbocycles. The number of amides is 1. The summed E-state index contributed by atoms with van der Waals surface area (Å²) in [5.41, 5.74) is 8.05. The van der Waals surface area contributed by atoms with Crippen LogP contribution in [0.5, 0.6) is 0 Å². The van der Waals surface area contributed by atoms with Crippen LogP contribution in [0.25, 0.3) is 10.6 Å². The number of Topliss-reactive ketones (excluding diaryl/α,β-unsaturated/α-hetero) is 1. The van der Waals surface area contributed by atoms with Gasteiger partial charge in [0.1, 0.15) is 0 Å². The second-order valence-corrected chi connectivity index (χ2v) is 8.01. The number of aromatic nitrogens is 4. The summed E-state index contributed by atoms with van der Waals surface area (Å²) in [5, 5.41) is 7.54. The number of nitrogens with one attached hydrogen (secondary N) is 2. The highest BCUT2D eigenvalue weighted by atomic mass is 32.1. The van der Waals surface area contributed by atoms with Crippen molar-refractivity contribution >= 4 is 33.8 Å². The standard InChI is InChI=1S/C18H18N6O2S/c19-17(26)14-16(13-5-10(6-20-13)15(25)9-1-2-9)27-18(23-14)24(11-3-4-11)12-7-21-22-8-12/h5-9,11,20H,1-4H2,(H2,19,26)(H,21,22). The summed E-state index contributed by atoms with van der Waals surface area (Å²) in [6.45, 7) is 0. The molecule has 0 aromatic carbocycles. The molecule has 8 nitrogen and oxygen atoms in total. The van der Waals surface area contributed by atoms with Gasteiger partial charge in [0, 0.05) is 29.9 Å². The van der Waals surface area contributed by atoms with E-state index in [-0.39, 0.29) is 17.4 Å². The predicted octanol–water partition coefficient (Wildman–Crippen LogP) is 2.85. The van der Waals surface area contributed by atoms with Gasteiger partial charge in [-0.15, -0.1) is 0 Å². The molecule has 138 valence electrons. The van der Waals surface area contributed by atoms with E-state index >= 15 is 0 Å². The molecule has 3 aromatic heterocycles. The van der Waals surface area contributed by atoms with Crippen molar-refractivity contribution in [2.24, 2.45) is 11.7 Å². The molecular formula is C18H18N6O2S. The highest BCUT2D eigenvalue weighted by Crippen LogP contribution is 2.43. The minimum Gasteiger partial charge on any atom is -0.364 e. The van der Waals surface area contributed by atoms with Crippen LogP contribution in [0.1, 0.15) is 46.5 Å². The number of aromatic amines is 2. The summed E-state index contributed by atoms with van der Waals surface area (Å²) in [7, 11) is 0. The molecule has 2 aliphatic carbocycles. The van der Waals surface area contributed by atoms with E-state index in [9.17, 15) is 9.59 Å². The zero-order chi connectivity index (χ0) is 18.5. The lowest BCUT2D eigenvalue weighted by atomic mass is 10.1. The molecule has 2 fully saturated rings. The van der Waals surface area contributed by atoms with E-state index in [1.165, 1.54) is 11.3 Å². The second kappa shape index (κ2) is 6.05. The van der Waals surface area contributed by atoms with Crippen LogP contribution in [-0.2, 0) is 0 Å². The van der Waals surface area contributed by atoms with Crippen molar-refractivity contribution in [1.29, 1.82) is 0 Å². The second-order valence-electron chi connectivity index (χ2n) is 7.04. The van der Waals surface area contributed by atoms with Gasteiger partial charge in [0.2, 0.25) is 0 Å². The highest BCUT2D eigenvalue weighted by molar-refractivity contribution is 7.19. The third-order valence-electron chi connectivity index (χ3n) is 4.89. The number of anilines is 2. The lowest BCUT2D eigenvalue weighted by Gasteiger charge is -2.18. The minimum atomic E-state index is -0.583. The topological polar surface area (TPSA) is 121 Å². The molecule has 4 N–H and O–H groups in total. The van der Waals surface area contributed by atoms with Gasteiger partial charge in [-0.3, -0.25) is 14.7 Å². The number of nitrogens with two attached hydrogens (primary N) is 1. The smallest absolute Gasteiger partial charge is 0.268 e. The average Bonchev–Trinajstić information content (AvgIpc) is 3.50. The molecule has 3 aromatic rings. The first-order valence-corrected chi connectivity index (χ1v) is 9.75. The van der Waals surface area contributed by atoms with Gasteiger partial charge in [-0.1, -0.05) is 11.3 Å². The number of rotatable bonds is 7. The lowest BCUT2D eigenvalue weighted by Crippen LogP contribution is -2.19. The maximum absolute atomic E-state index is 12.3. The fraction of sp³-hybridized carbons (Fsp3) is 0.333. The first kappa shape index (κ1) is 16.2. The maximum atomic E-state index is 12.3. The fourth-order valence-corrected chi connectivity index (χ4v) is 4.34. The number of thiazole rings is 1. The molecule has 2 aliphatic rings. The molecule has 0 saturated heterocycles. The molecule has 0 unspecified atom stereocenters. The molecule has 27 heavy (non-hydrogen) atoms. The van der Waals surface area contributed by atoms with Crippen LogP contribution in [0, 0.1) is 5.92 Å². The number of H-pyrrole nitrogens is 2. The van der Waals surface area contributed by atoms with Gasteiger partial charge in [-0.2, -0.15) is 5.10 Å². The summed E-state index contributed by atoms with van der Waals surface area (Å²) < 4.78 is 0. The number of carbonyl (C=O) groups excluding carboxylic acids is 2. The molecule has 0 aliphatic heterocycles. The largest absolute Gasteiger partial charge is 0.364 e.